The maximum Gasteiger partial charge on any atom is 0.350 e. The van der Waals surface area contributed by atoms with E-state index in [1.807, 2.05) is 6.92 Å². The van der Waals surface area contributed by atoms with Gasteiger partial charge < -0.3 is 15.0 Å². The van der Waals surface area contributed by atoms with Crippen LogP contribution in [0, 0.1) is 19.8 Å². The van der Waals surface area contributed by atoms with Crippen molar-refractivity contribution < 1.29 is 9.53 Å². The molecule has 0 aromatic carbocycles. The lowest BCUT2D eigenvalue weighted by molar-refractivity contribution is 0.0607. The van der Waals surface area contributed by atoms with E-state index >= 15 is 0 Å². The highest BCUT2D eigenvalue weighted by atomic mass is 32.1. The van der Waals surface area contributed by atoms with Gasteiger partial charge in [0.25, 0.3) is 0 Å². The van der Waals surface area contributed by atoms with E-state index in [0.29, 0.717) is 10.8 Å². The van der Waals surface area contributed by atoms with Crippen molar-refractivity contribution in [3.63, 3.8) is 0 Å². The molecular weight excluding hydrogens is 272 g/mol. The molecule has 2 heterocycles. The Labute approximate surface area is 125 Å². The van der Waals surface area contributed by atoms with Crippen LogP contribution < -0.4 is 5.32 Å². The monoisotopic (exact) mass is 296 g/mol. The SMILES string of the molecule is COC(=O)c1sc(C)c(C)c1NCC1CCN(C)CC1. The number of nitrogens with zero attached hydrogens (tertiary/aromatic N) is 1. The lowest BCUT2D eigenvalue weighted by atomic mass is 9.97. The Morgan fingerprint density at radius 1 is 1.40 bits per heavy atom. The van der Waals surface area contributed by atoms with E-state index in [4.69, 9.17) is 4.74 Å². The molecule has 112 valence electrons. The fourth-order valence-electron chi connectivity index (χ4n) is 2.59. The second kappa shape index (κ2) is 6.59. The van der Waals surface area contributed by atoms with Gasteiger partial charge in [0.2, 0.25) is 0 Å². The molecule has 0 aliphatic carbocycles. The van der Waals surface area contributed by atoms with E-state index in [9.17, 15) is 4.79 Å². The summed E-state index contributed by atoms with van der Waals surface area (Å²) in [4.78, 5) is 16.1. The zero-order valence-electron chi connectivity index (χ0n) is 12.8. The number of carbonyl (C=O) groups excluding carboxylic acids is 1. The third kappa shape index (κ3) is 3.33. The number of hydrogen-bond donors (Lipinski definition) is 1. The van der Waals surface area contributed by atoms with Crippen molar-refractivity contribution in [1.82, 2.24) is 4.90 Å². The fraction of sp³-hybridized carbons (Fsp3) is 0.667. The third-order valence-electron chi connectivity index (χ3n) is 4.16. The molecule has 4 nitrogen and oxygen atoms in total. The van der Waals surface area contributed by atoms with Crippen LogP contribution in [-0.4, -0.2) is 44.7 Å². The van der Waals surface area contributed by atoms with E-state index in [2.05, 4.69) is 24.2 Å². The first-order valence-corrected chi connectivity index (χ1v) is 7.95. The van der Waals surface area contributed by atoms with Crippen molar-refractivity contribution in [1.29, 1.82) is 0 Å². The first kappa shape index (κ1) is 15.3. The highest BCUT2D eigenvalue weighted by Gasteiger charge is 2.21. The van der Waals surface area contributed by atoms with Gasteiger partial charge in [0.15, 0.2) is 0 Å². The number of ether oxygens (including phenoxy) is 1. The zero-order valence-corrected chi connectivity index (χ0v) is 13.6. The Morgan fingerprint density at radius 2 is 2.05 bits per heavy atom. The maximum absolute atomic E-state index is 11.8. The minimum Gasteiger partial charge on any atom is -0.465 e. The molecule has 0 atom stereocenters. The van der Waals surface area contributed by atoms with Gasteiger partial charge in [-0.05, 0) is 58.3 Å². The summed E-state index contributed by atoms with van der Waals surface area (Å²) in [6.45, 7) is 7.38. The number of thiophene rings is 1. The van der Waals surface area contributed by atoms with Crippen LogP contribution in [0.15, 0.2) is 0 Å². The lowest BCUT2D eigenvalue weighted by Crippen LogP contribution is -2.33. The van der Waals surface area contributed by atoms with E-state index in [0.717, 1.165) is 25.3 Å². The lowest BCUT2D eigenvalue weighted by Gasteiger charge is -2.29. The summed E-state index contributed by atoms with van der Waals surface area (Å²) in [5, 5.41) is 3.49. The Balaban J connectivity index is 2.03. The topological polar surface area (TPSA) is 41.6 Å². The molecule has 0 bridgehead atoms. The van der Waals surface area contributed by atoms with E-state index in [1.165, 1.54) is 41.7 Å². The molecule has 1 N–H and O–H groups in total. The van der Waals surface area contributed by atoms with Crippen molar-refractivity contribution in [2.75, 3.05) is 39.1 Å². The molecule has 20 heavy (non-hydrogen) atoms. The second-order valence-electron chi connectivity index (χ2n) is 5.61. The maximum atomic E-state index is 11.8. The summed E-state index contributed by atoms with van der Waals surface area (Å²) in [6, 6.07) is 0. The quantitative estimate of drug-likeness (QED) is 0.868. The molecule has 2 rings (SSSR count). The second-order valence-corrected chi connectivity index (χ2v) is 6.83. The summed E-state index contributed by atoms with van der Waals surface area (Å²) in [5.41, 5.74) is 2.14. The summed E-state index contributed by atoms with van der Waals surface area (Å²) in [6.07, 6.45) is 2.44. The molecule has 0 amide bonds. The van der Waals surface area contributed by atoms with Crippen LogP contribution in [0.2, 0.25) is 0 Å². The largest absolute Gasteiger partial charge is 0.465 e. The van der Waals surface area contributed by atoms with E-state index < -0.39 is 0 Å². The average Bonchev–Trinajstić information content (AvgIpc) is 2.73. The number of carbonyl (C=O) groups is 1. The van der Waals surface area contributed by atoms with Gasteiger partial charge >= 0.3 is 5.97 Å². The van der Waals surface area contributed by atoms with E-state index in [1.54, 1.807) is 0 Å². The minimum atomic E-state index is -0.239. The normalized spacial score (nSPS) is 17.2. The number of methoxy groups -OCH3 is 1. The Kier molecular flexibility index (Phi) is 5.05. The van der Waals surface area contributed by atoms with Gasteiger partial charge in [-0.25, -0.2) is 4.79 Å². The van der Waals surface area contributed by atoms with Gasteiger partial charge in [-0.3, -0.25) is 0 Å². The molecule has 0 spiro atoms. The number of rotatable bonds is 4. The van der Waals surface area contributed by atoms with Crippen molar-refractivity contribution in [2.45, 2.75) is 26.7 Å². The first-order valence-electron chi connectivity index (χ1n) is 7.13. The number of esters is 1. The Bertz CT molecular complexity index is 476. The van der Waals surface area contributed by atoms with Crippen LogP contribution in [0.3, 0.4) is 0 Å². The van der Waals surface area contributed by atoms with Crippen molar-refractivity contribution in [2.24, 2.45) is 5.92 Å². The third-order valence-corrected chi connectivity index (χ3v) is 5.35. The highest BCUT2D eigenvalue weighted by Crippen LogP contribution is 2.33. The van der Waals surface area contributed by atoms with Crippen molar-refractivity contribution in [3.05, 3.63) is 15.3 Å². The number of likely N-dealkylation sites (tertiary alicyclic amines) is 1. The number of piperidine rings is 1. The molecule has 1 fully saturated rings. The molecule has 1 aliphatic heterocycles. The molecule has 5 heteroatoms. The van der Waals surface area contributed by atoms with Gasteiger partial charge in [-0.2, -0.15) is 0 Å². The molecule has 1 aromatic heterocycles. The minimum absolute atomic E-state index is 0.239. The Morgan fingerprint density at radius 3 is 2.65 bits per heavy atom. The molecule has 1 aromatic rings. The van der Waals surface area contributed by atoms with E-state index in [-0.39, 0.29) is 5.97 Å². The summed E-state index contributed by atoms with van der Waals surface area (Å²) >= 11 is 1.52. The standard InChI is InChI=1S/C15H24N2O2S/c1-10-11(2)20-14(15(18)19-4)13(10)16-9-12-5-7-17(3)8-6-12/h12,16H,5-9H2,1-4H3. The number of anilines is 1. The van der Waals surface area contributed by atoms with Gasteiger partial charge in [-0.15, -0.1) is 11.3 Å². The van der Waals surface area contributed by atoms with Crippen molar-refractivity contribution in [3.8, 4) is 0 Å². The number of aryl methyl sites for hydroxylation is 1. The van der Waals surface area contributed by atoms with Gasteiger partial charge in [0.1, 0.15) is 4.88 Å². The molecule has 1 saturated heterocycles. The predicted molar refractivity (Wildman–Crippen MR) is 83.8 cm³/mol. The summed E-state index contributed by atoms with van der Waals surface area (Å²) < 4.78 is 4.88. The van der Waals surface area contributed by atoms with Crippen LogP contribution in [0.1, 0.15) is 33.0 Å². The average molecular weight is 296 g/mol. The number of hydrogen-bond acceptors (Lipinski definition) is 5. The van der Waals surface area contributed by atoms with Crippen molar-refractivity contribution >= 4 is 23.0 Å². The summed E-state index contributed by atoms with van der Waals surface area (Å²) in [5.74, 6) is 0.452. The molecule has 0 unspecified atom stereocenters. The number of nitrogens with one attached hydrogen (secondary N) is 1. The highest BCUT2D eigenvalue weighted by molar-refractivity contribution is 7.14. The molecule has 0 radical (unpaired) electrons. The smallest absolute Gasteiger partial charge is 0.350 e. The van der Waals surface area contributed by atoms with Crippen LogP contribution in [0.4, 0.5) is 5.69 Å². The predicted octanol–water partition coefficient (Wildman–Crippen LogP) is 2.91. The van der Waals surface area contributed by atoms with Gasteiger partial charge in [-0.1, -0.05) is 0 Å². The fourth-order valence-corrected chi connectivity index (χ4v) is 3.64. The molecule has 1 aliphatic rings. The van der Waals surface area contributed by atoms with Crippen LogP contribution in [-0.2, 0) is 4.74 Å². The van der Waals surface area contributed by atoms with Crippen LogP contribution in [0.25, 0.3) is 0 Å². The zero-order chi connectivity index (χ0) is 14.7. The van der Waals surface area contributed by atoms with Crippen LogP contribution >= 0.6 is 11.3 Å². The molecule has 0 saturated carbocycles. The van der Waals surface area contributed by atoms with Gasteiger partial charge in [0, 0.05) is 11.4 Å². The van der Waals surface area contributed by atoms with Gasteiger partial charge in [0.05, 0.1) is 12.8 Å². The molecular formula is C15H24N2O2S. The summed E-state index contributed by atoms with van der Waals surface area (Å²) in [7, 11) is 3.61. The first-order chi connectivity index (χ1) is 9.52. The van der Waals surface area contributed by atoms with Crippen LogP contribution in [0.5, 0.6) is 0 Å². The Hall–Kier alpha value is -1.07.